The standard InChI is InChI=1S/C26H29NO4/c1-4-30-24-14-12-20(17-25(24)31-5-2)18(3)27-26(29)15-13-23(28)22-11-10-19-8-6-7-9-21(19)16-22/h6-12,14,16-18H,4-5,13,15H2,1-3H3,(H,27,29)/t18-/m1/s1. The van der Waals surface area contributed by atoms with E-state index >= 15 is 0 Å². The maximum atomic E-state index is 12.6. The fourth-order valence-corrected chi connectivity index (χ4v) is 3.47. The molecule has 0 aliphatic carbocycles. The topological polar surface area (TPSA) is 64.6 Å². The number of Topliss-reactive ketones (excluding diaryl/α,β-unsaturated/α-hetero) is 1. The first-order chi connectivity index (χ1) is 15.0. The van der Waals surface area contributed by atoms with Gasteiger partial charge in [-0.25, -0.2) is 0 Å². The molecule has 0 radical (unpaired) electrons. The predicted octanol–water partition coefficient (Wildman–Crippen LogP) is 5.48. The molecule has 0 heterocycles. The minimum absolute atomic E-state index is 0.0340. The van der Waals surface area contributed by atoms with E-state index in [-0.39, 0.29) is 30.6 Å². The smallest absolute Gasteiger partial charge is 0.220 e. The number of hydrogen-bond donors (Lipinski definition) is 1. The Morgan fingerprint density at radius 2 is 1.55 bits per heavy atom. The Bertz CT molecular complexity index is 1060. The molecule has 3 rings (SSSR count). The van der Waals surface area contributed by atoms with Gasteiger partial charge in [-0.05, 0) is 55.3 Å². The van der Waals surface area contributed by atoms with Gasteiger partial charge in [-0.2, -0.15) is 0 Å². The van der Waals surface area contributed by atoms with Crippen molar-refractivity contribution in [2.75, 3.05) is 13.2 Å². The van der Waals surface area contributed by atoms with Crippen molar-refractivity contribution in [3.05, 3.63) is 71.8 Å². The molecule has 0 aliphatic rings. The quantitative estimate of drug-likeness (QED) is 0.442. The van der Waals surface area contributed by atoms with Crippen LogP contribution >= 0.6 is 0 Å². The van der Waals surface area contributed by atoms with Gasteiger partial charge in [0, 0.05) is 18.4 Å². The monoisotopic (exact) mass is 419 g/mol. The number of ketones is 1. The van der Waals surface area contributed by atoms with Crippen LogP contribution in [0.4, 0.5) is 0 Å². The highest BCUT2D eigenvalue weighted by Crippen LogP contribution is 2.30. The van der Waals surface area contributed by atoms with Crippen molar-refractivity contribution < 1.29 is 19.1 Å². The Kier molecular flexibility index (Phi) is 7.65. The highest BCUT2D eigenvalue weighted by molar-refractivity contribution is 6.01. The fraction of sp³-hybridized carbons (Fsp3) is 0.308. The predicted molar refractivity (Wildman–Crippen MR) is 123 cm³/mol. The van der Waals surface area contributed by atoms with Crippen LogP contribution in [0.2, 0.25) is 0 Å². The van der Waals surface area contributed by atoms with Crippen LogP contribution < -0.4 is 14.8 Å². The number of carbonyl (C=O) groups excluding carboxylic acids is 2. The Morgan fingerprint density at radius 3 is 2.29 bits per heavy atom. The van der Waals surface area contributed by atoms with Crippen molar-refractivity contribution in [3.63, 3.8) is 0 Å². The van der Waals surface area contributed by atoms with Gasteiger partial charge in [-0.15, -0.1) is 0 Å². The van der Waals surface area contributed by atoms with Crippen molar-refractivity contribution in [1.29, 1.82) is 0 Å². The van der Waals surface area contributed by atoms with Crippen molar-refractivity contribution in [3.8, 4) is 11.5 Å². The summed E-state index contributed by atoms with van der Waals surface area (Å²) in [6.07, 6.45) is 0.315. The van der Waals surface area contributed by atoms with Gasteiger partial charge >= 0.3 is 0 Å². The Morgan fingerprint density at radius 1 is 0.839 bits per heavy atom. The van der Waals surface area contributed by atoms with Gasteiger partial charge in [-0.3, -0.25) is 9.59 Å². The van der Waals surface area contributed by atoms with E-state index in [1.54, 1.807) is 0 Å². The zero-order valence-corrected chi connectivity index (χ0v) is 18.3. The number of ether oxygens (including phenoxy) is 2. The largest absolute Gasteiger partial charge is 0.490 e. The summed E-state index contributed by atoms with van der Waals surface area (Å²) in [6, 6.07) is 19.0. The molecule has 3 aromatic rings. The number of carbonyl (C=O) groups is 2. The molecule has 162 valence electrons. The molecule has 0 unspecified atom stereocenters. The van der Waals surface area contributed by atoms with Gasteiger partial charge in [-0.1, -0.05) is 42.5 Å². The minimum atomic E-state index is -0.210. The normalized spacial score (nSPS) is 11.7. The molecule has 1 atom stereocenters. The third-order valence-electron chi connectivity index (χ3n) is 5.10. The lowest BCUT2D eigenvalue weighted by Gasteiger charge is -2.17. The average Bonchev–Trinajstić information content (AvgIpc) is 2.78. The molecule has 0 spiro atoms. The van der Waals surface area contributed by atoms with Gasteiger partial charge in [0.15, 0.2) is 17.3 Å². The molecule has 0 saturated heterocycles. The lowest BCUT2D eigenvalue weighted by Crippen LogP contribution is -2.27. The van der Waals surface area contributed by atoms with E-state index in [9.17, 15) is 9.59 Å². The Labute approximate surface area is 183 Å². The van der Waals surface area contributed by atoms with Crippen LogP contribution in [-0.2, 0) is 4.79 Å². The van der Waals surface area contributed by atoms with Crippen molar-refractivity contribution in [2.24, 2.45) is 0 Å². The number of hydrogen-bond acceptors (Lipinski definition) is 4. The van der Waals surface area contributed by atoms with E-state index in [0.29, 0.717) is 30.3 Å². The lowest BCUT2D eigenvalue weighted by molar-refractivity contribution is -0.121. The number of rotatable bonds is 10. The number of benzene rings is 3. The summed E-state index contributed by atoms with van der Waals surface area (Å²) in [7, 11) is 0. The van der Waals surface area contributed by atoms with Crippen LogP contribution in [-0.4, -0.2) is 24.9 Å². The van der Waals surface area contributed by atoms with Gasteiger partial charge < -0.3 is 14.8 Å². The Balaban J connectivity index is 1.58. The van der Waals surface area contributed by atoms with Gasteiger partial charge in [0.05, 0.1) is 19.3 Å². The molecule has 0 aliphatic heterocycles. The lowest BCUT2D eigenvalue weighted by atomic mass is 10.0. The summed E-state index contributed by atoms with van der Waals surface area (Å²) in [6.45, 7) is 6.83. The first-order valence-corrected chi connectivity index (χ1v) is 10.7. The van der Waals surface area contributed by atoms with E-state index in [1.165, 1.54) is 0 Å². The highest BCUT2D eigenvalue weighted by atomic mass is 16.5. The SMILES string of the molecule is CCOc1ccc([C@@H](C)NC(=O)CCC(=O)c2ccc3ccccc3c2)cc1OCC. The number of amides is 1. The third-order valence-corrected chi connectivity index (χ3v) is 5.10. The zero-order chi connectivity index (χ0) is 22.2. The van der Waals surface area contributed by atoms with Crippen LogP contribution in [0.25, 0.3) is 10.8 Å². The second-order valence-electron chi connectivity index (χ2n) is 7.35. The third kappa shape index (κ3) is 5.85. The molecule has 5 heteroatoms. The molecule has 1 amide bonds. The van der Waals surface area contributed by atoms with E-state index in [1.807, 2.05) is 81.4 Å². The summed E-state index contributed by atoms with van der Waals surface area (Å²) in [5.41, 5.74) is 1.55. The summed E-state index contributed by atoms with van der Waals surface area (Å²) < 4.78 is 11.3. The fourth-order valence-electron chi connectivity index (χ4n) is 3.47. The summed E-state index contributed by atoms with van der Waals surface area (Å²) in [4.78, 5) is 25.0. The average molecular weight is 420 g/mol. The molecule has 5 nitrogen and oxygen atoms in total. The van der Waals surface area contributed by atoms with Crippen LogP contribution in [0.5, 0.6) is 11.5 Å². The van der Waals surface area contributed by atoms with E-state index in [4.69, 9.17) is 9.47 Å². The Hall–Kier alpha value is -3.34. The number of nitrogens with one attached hydrogen (secondary N) is 1. The number of fused-ring (bicyclic) bond motifs is 1. The molecule has 0 saturated carbocycles. The van der Waals surface area contributed by atoms with Crippen molar-refractivity contribution in [1.82, 2.24) is 5.32 Å². The molecule has 0 aromatic heterocycles. The maximum absolute atomic E-state index is 12.6. The summed E-state index contributed by atoms with van der Waals surface area (Å²) >= 11 is 0. The van der Waals surface area contributed by atoms with E-state index in [0.717, 1.165) is 16.3 Å². The molecular formula is C26H29NO4. The molecule has 31 heavy (non-hydrogen) atoms. The van der Waals surface area contributed by atoms with Crippen LogP contribution in [0.15, 0.2) is 60.7 Å². The molecule has 0 bridgehead atoms. The molecular weight excluding hydrogens is 390 g/mol. The minimum Gasteiger partial charge on any atom is -0.490 e. The second-order valence-corrected chi connectivity index (χ2v) is 7.35. The second kappa shape index (κ2) is 10.6. The maximum Gasteiger partial charge on any atom is 0.220 e. The summed E-state index contributed by atoms with van der Waals surface area (Å²) in [5, 5.41) is 5.08. The van der Waals surface area contributed by atoms with Crippen LogP contribution in [0, 0.1) is 0 Å². The first kappa shape index (κ1) is 22.3. The van der Waals surface area contributed by atoms with Crippen molar-refractivity contribution >= 4 is 22.5 Å². The van der Waals surface area contributed by atoms with Gasteiger partial charge in [0.1, 0.15) is 0 Å². The van der Waals surface area contributed by atoms with E-state index < -0.39 is 0 Å². The van der Waals surface area contributed by atoms with Crippen LogP contribution in [0.1, 0.15) is 55.6 Å². The van der Waals surface area contributed by atoms with Crippen molar-refractivity contribution in [2.45, 2.75) is 39.7 Å². The molecule has 0 fully saturated rings. The zero-order valence-electron chi connectivity index (χ0n) is 18.3. The van der Waals surface area contributed by atoms with Crippen LogP contribution in [0.3, 0.4) is 0 Å². The molecule has 3 aromatic carbocycles. The first-order valence-electron chi connectivity index (χ1n) is 10.7. The molecule has 1 N–H and O–H groups in total. The van der Waals surface area contributed by atoms with E-state index in [2.05, 4.69) is 5.32 Å². The highest BCUT2D eigenvalue weighted by Gasteiger charge is 2.15. The van der Waals surface area contributed by atoms with Gasteiger partial charge in [0.25, 0.3) is 0 Å². The van der Waals surface area contributed by atoms with Gasteiger partial charge in [0.2, 0.25) is 5.91 Å². The summed E-state index contributed by atoms with van der Waals surface area (Å²) in [5.74, 6) is 1.16.